The molecule has 0 saturated carbocycles. The molecule has 4 nitrogen and oxygen atoms in total. The first-order valence-electron chi connectivity index (χ1n) is 6.56. The number of aromatic hydroxyl groups is 2. The molecule has 0 aliphatic carbocycles. The Hall–Kier alpha value is -2.36. The molecular weight excluding hydrogens is 254 g/mol. The van der Waals surface area contributed by atoms with Crippen LogP contribution in [0, 0.1) is 0 Å². The van der Waals surface area contributed by atoms with Gasteiger partial charge in [0.15, 0.2) is 11.5 Å². The van der Waals surface area contributed by atoms with Gasteiger partial charge in [-0.25, -0.2) is 0 Å². The lowest BCUT2D eigenvalue weighted by atomic mass is 10.2. The van der Waals surface area contributed by atoms with Crippen LogP contribution in [0.4, 0.5) is 5.69 Å². The van der Waals surface area contributed by atoms with Gasteiger partial charge in [0.05, 0.1) is 11.8 Å². The monoisotopic (exact) mass is 273 g/mol. The van der Waals surface area contributed by atoms with E-state index in [1.54, 1.807) is 6.07 Å². The molecule has 0 aliphatic rings. The van der Waals surface area contributed by atoms with Gasteiger partial charge in [0.25, 0.3) is 0 Å². The van der Waals surface area contributed by atoms with Crippen LogP contribution in [0.1, 0.15) is 19.4 Å². The van der Waals surface area contributed by atoms with Gasteiger partial charge in [-0.05, 0) is 43.7 Å². The Balaban J connectivity index is 2.08. The van der Waals surface area contributed by atoms with Crippen molar-refractivity contribution in [3.63, 3.8) is 0 Å². The average Bonchev–Trinajstić information content (AvgIpc) is 2.41. The highest BCUT2D eigenvalue weighted by Gasteiger charge is 2.05. The van der Waals surface area contributed by atoms with Crippen molar-refractivity contribution in [2.24, 2.45) is 0 Å². The Bertz CT molecular complexity index is 582. The number of benzene rings is 2. The smallest absolute Gasteiger partial charge is 0.157 e. The zero-order chi connectivity index (χ0) is 14.5. The molecule has 0 amide bonds. The molecule has 0 aromatic heterocycles. The summed E-state index contributed by atoms with van der Waals surface area (Å²) in [6, 6.07) is 12.5. The molecule has 0 aliphatic heterocycles. The van der Waals surface area contributed by atoms with Crippen molar-refractivity contribution >= 4 is 5.69 Å². The van der Waals surface area contributed by atoms with Crippen molar-refractivity contribution in [3.05, 3.63) is 48.0 Å². The van der Waals surface area contributed by atoms with Crippen LogP contribution in [0.2, 0.25) is 0 Å². The lowest BCUT2D eigenvalue weighted by Gasteiger charge is -2.15. The number of anilines is 1. The summed E-state index contributed by atoms with van der Waals surface area (Å²) in [5.41, 5.74) is 1.77. The fourth-order valence-corrected chi connectivity index (χ4v) is 1.85. The number of phenolic OH excluding ortho intramolecular Hbond substituents is 2. The van der Waals surface area contributed by atoms with Crippen LogP contribution < -0.4 is 10.1 Å². The number of hydrogen-bond acceptors (Lipinski definition) is 4. The van der Waals surface area contributed by atoms with Crippen molar-refractivity contribution in [3.8, 4) is 17.2 Å². The Labute approximate surface area is 118 Å². The van der Waals surface area contributed by atoms with E-state index in [0.29, 0.717) is 6.54 Å². The second-order valence-electron chi connectivity index (χ2n) is 4.84. The van der Waals surface area contributed by atoms with Gasteiger partial charge in [-0.1, -0.05) is 18.2 Å². The van der Waals surface area contributed by atoms with Crippen molar-refractivity contribution in [2.75, 3.05) is 5.32 Å². The second-order valence-corrected chi connectivity index (χ2v) is 4.84. The Morgan fingerprint density at radius 3 is 2.50 bits per heavy atom. The summed E-state index contributed by atoms with van der Waals surface area (Å²) in [6.45, 7) is 4.50. The van der Waals surface area contributed by atoms with Crippen molar-refractivity contribution < 1.29 is 14.9 Å². The van der Waals surface area contributed by atoms with Gasteiger partial charge in [0.2, 0.25) is 0 Å². The third kappa shape index (κ3) is 3.57. The zero-order valence-electron chi connectivity index (χ0n) is 11.6. The quantitative estimate of drug-likeness (QED) is 0.730. The van der Waals surface area contributed by atoms with Crippen molar-refractivity contribution in [2.45, 2.75) is 26.5 Å². The van der Waals surface area contributed by atoms with E-state index >= 15 is 0 Å². The molecule has 106 valence electrons. The highest BCUT2D eigenvalue weighted by Crippen LogP contribution is 2.27. The minimum atomic E-state index is -0.115. The van der Waals surface area contributed by atoms with E-state index in [-0.39, 0.29) is 17.6 Å². The third-order valence-corrected chi connectivity index (χ3v) is 2.77. The number of para-hydroxylation sites is 2. The molecule has 2 aromatic rings. The maximum Gasteiger partial charge on any atom is 0.157 e. The summed E-state index contributed by atoms with van der Waals surface area (Å²) < 4.78 is 5.72. The van der Waals surface area contributed by atoms with E-state index in [4.69, 9.17) is 4.74 Å². The second kappa shape index (κ2) is 6.19. The molecule has 0 atom stereocenters. The van der Waals surface area contributed by atoms with E-state index in [0.717, 1.165) is 17.0 Å². The fraction of sp³-hybridized carbons (Fsp3) is 0.250. The highest BCUT2D eigenvalue weighted by atomic mass is 16.5. The Morgan fingerprint density at radius 1 is 1.05 bits per heavy atom. The van der Waals surface area contributed by atoms with Crippen LogP contribution in [-0.2, 0) is 6.54 Å². The van der Waals surface area contributed by atoms with Crippen LogP contribution in [-0.4, -0.2) is 16.3 Å². The molecule has 0 spiro atoms. The van der Waals surface area contributed by atoms with Gasteiger partial charge in [0, 0.05) is 6.54 Å². The SMILES string of the molecule is CC(C)Oc1ccccc1NCc1ccc(O)c(O)c1. The predicted octanol–water partition coefficient (Wildman–Crippen LogP) is 3.50. The largest absolute Gasteiger partial charge is 0.504 e. The van der Waals surface area contributed by atoms with Gasteiger partial charge >= 0.3 is 0 Å². The lowest BCUT2D eigenvalue weighted by molar-refractivity contribution is 0.243. The number of phenols is 2. The summed E-state index contributed by atoms with van der Waals surface area (Å²) in [6.07, 6.45) is 0.107. The molecule has 3 N–H and O–H groups in total. The van der Waals surface area contributed by atoms with E-state index in [9.17, 15) is 10.2 Å². The number of nitrogens with one attached hydrogen (secondary N) is 1. The minimum Gasteiger partial charge on any atom is -0.504 e. The molecule has 2 rings (SSSR count). The van der Waals surface area contributed by atoms with Gasteiger partial charge in [0.1, 0.15) is 5.75 Å². The maximum atomic E-state index is 9.47. The van der Waals surface area contributed by atoms with Crippen LogP contribution in [0.5, 0.6) is 17.2 Å². The fourth-order valence-electron chi connectivity index (χ4n) is 1.85. The van der Waals surface area contributed by atoms with Crippen molar-refractivity contribution in [1.29, 1.82) is 0 Å². The van der Waals surface area contributed by atoms with E-state index in [1.165, 1.54) is 12.1 Å². The third-order valence-electron chi connectivity index (χ3n) is 2.77. The summed E-state index contributed by atoms with van der Waals surface area (Å²) in [7, 11) is 0. The van der Waals surface area contributed by atoms with Gasteiger partial charge in [-0.15, -0.1) is 0 Å². The van der Waals surface area contributed by atoms with E-state index < -0.39 is 0 Å². The van der Waals surface area contributed by atoms with Crippen molar-refractivity contribution in [1.82, 2.24) is 0 Å². The minimum absolute atomic E-state index is 0.107. The summed E-state index contributed by atoms with van der Waals surface area (Å²) in [5, 5.41) is 22.0. The number of rotatable bonds is 5. The Morgan fingerprint density at radius 2 is 1.80 bits per heavy atom. The average molecular weight is 273 g/mol. The first-order chi connectivity index (χ1) is 9.56. The highest BCUT2D eigenvalue weighted by molar-refractivity contribution is 5.56. The molecule has 0 heterocycles. The summed E-state index contributed by atoms with van der Waals surface area (Å²) >= 11 is 0. The van der Waals surface area contributed by atoms with Crippen LogP contribution in [0.25, 0.3) is 0 Å². The first kappa shape index (κ1) is 14.1. The molecular formula is C16H19NO3. The predicted molar refractivity (Wildman–Crippen MR) is 79.3 cm³/mol. The topological polar surface area (TPSA) is 61.7 Å². The maximum absolute atomic E-state index is 9.47. The molecule has 0 bridgehead atoms. The van der Waals surface area contributed by atoms with Gasteiger partial charge in [-0.2, -0.15) is 0 Å². The molecule has 4 heteroatoms. The van der Waals surface area contributed by atoms with E-state index in [2.05, 4.69) is 5.32 Å². The zero-order valence-corrected chi connectivity index (χ0v) is 11.6. The summed E-state index contributed by atoms with van der Waals surface area (Å²) in [4.78, 5) is 0. The van der Waals surface area contributed by atoms with Crippen LogP contribution in [0.15, 0.2) is 42.5 Å². The van der Waals surface area contributed by atoms with Gasteiger partial charge < -0.3 is 20.3 Å². The molecule has 0 unspecified atom stereocenters. The molecule has 0 saturated heterocycles. The molecule has 0 fully saturated rings. The van der Waals surface area contributed by atoms with E-state index in [1.807, 2.05) is 38.1 Å². The molecule has 20 heavy (non-hydrogen) atoms. The molecule has 2 aromatic carbocycles. The number of hydrogen-bond donors (Lipinski definition) is 3. The van der Waals surface area contributed by atoms with Crippen LogP contribution in [0.3, 0.4) is 0 Å². The molecule has 0 radical (unpaired) electrons. The number of ether oxygens (including phenoxy) is 1. The normalized spacial score (nSPS) is 10.6. The van der Waals surface area contributed by atoms with Gasteiger partial charge in [-0.3, -0.25) is 0 Å². The lowest BCUT2D eigenvalue weighted by Crippen LogP contribution is -2.08. The Kier molecular flexibility index (Phi) is 4.35. The first-order valence-corrected chi connectivity index (χ1v) is 6.56. The standard InChI is InChI=1S/C16H19NO3/c1-11(2)20-16-6-4-3-5-13(16)17-10-12-7-8-14(18)15(19)9-12/h3-9,11,17-19H,10H2,1-2H3. The summed E-state index contributed by atoms with van der Waals surface area (Å²) in [5.74, 6) is 0.568. The van der Waals surface area contributed by atoms with Crippen LogP contribution >= 0.6 is 0 Å².